The number of carbonyl (C=O) groups excluding carboxylic acids is 1. The molecule has 2 unspecified atom stereocenters. The van der Waals surface area contributed by atoms with Crippen LogP contribution in [0.5, 0.6) is 0 Å². The Bertz CT molecular complexity index is 856. The van der Waals surface area contributed by atoms with Crippen LogP contribution in [0.3, 0.4) is 0 Å². The Balaban J connectivity index is 2.05. The lowest BCUT2D eigenvalue weighted by molar-refractivity contribution is -0.142. The molecule has 2 aromatic heterocycles. The Kier molecular flexibility index (Phi) is 5.53. The Morgan fingerprint density at radius 1 is 1.48 bits per heavy atom. The van der Waals surface area contributed by atoms with Crippen LogP contribution in [-0.2, 0) is 28.9 Å². The number of esters is 1. The molecule has 25 heavy (non-hydrogen) atoms. The summed E-state index contributed by atoms with van der Waals surface area (Å²) >= 11 is 2.95. The van der Waals surface area contributed by atoms with E-state index in [-0.39, 0.29) is 11.5 Å². The second kappa shape index (κ2) is 7.50. The van der Waals surface area contributed by atoms with Gasteiger partial charge in [-0.1, -0.05) is 18.7 Å². The molecule has 1 aliphatic rings. The predicted molar refractivity (Wildman–Crippen MR) is 103 cm³/mol. The van der Waals surface area contributed by atoms with Gasteiger partial charge < -0.3 is 4.74 Å². The minimum Gasteiger partial charge on any atom is -0.465 e. The van der Waals surface area contributed by atoms with E-state index >= 15 is 0 Å². The highest BCUT2D eigenvalue weighted by Gasteiger charge is 2.26. The predicted octanol–water partition coefficient (Wildman–Crippen LogP) is 3.65. The highest BCUT2D eigenvalue weighted by molar-refractivity contribution is 8.00. The second-order valence-corrected chi connectivity index (χ2v) is 8.88. The molecule has 2 aromatic rings. The molecule has 0 amide bonds. The first-order valence-corrected chi connectivity index (χ1v) is 10.5. The van der Waals surface area contributed by atoms with Crippen LogP contribution in [0.1, 0.15) is 44.6 Å². The molecule has 3 rings (SSSR count). The third kappa shape index (κ3) is 3.49. The van der Waals surface area contributed by atoms with E-state index in [0.29, 0.717) is 24.2 Å². The zero-order valence-electron chi connectivity index (χ0n) is 15.1. The monoisotopic (exact) mass is 380 g/mol. The molecule has 2 heterocycles. The van der Waals surface area contributed by atoms with Crippen molar-refractivity contribution in [2.45, 2.75) is 63.9 Å². The second-order valence-electron chi connectivity index (χ2n) is 6.49. The average Bonchev–Trinajstić information content (AvgIpc) is 2.92. The molecule has 0 aromatic carbocycles. The quantitative estimate of drug-likeness (QED) is 0.450. The van der Waals surface area contributed by atoms with E-state index in [9.17, 15) is 9.59 Å². The molecule has 0 bridgehead atoms. The summed E-state index contributed by atoms with van der Waals surface area (Å²) in [7, 11) is 0. The number of hydrogen-bond acceptors (Lipinski definition) is 6. The van der Waals surface area contributed by atoms with Crippen molar-refractivity contribution in [1.29, 1.82) is 0 Å². The standard InChI is InChI=1S/C18H24N2O3S2/c1-5-20-16(21)14-12-8-7-10(3)9-13(12)25-15(14)19-18(20)24-11(4)17(22)23-6-2/h10-11H,5-9H2,1-4H3. The van der Waals surface area contributed by atoms with Gasteiger partial charge in [0.1, 0.15) is 10.1 Å². The van der Waals surface area contributed by atoms with Gasteiger partial charge in [-0.2, -0.15) is 0 Å². The third-order valence-electron chi connectivity index (χ3n) is 4.60. The van der Waals surface area contributed by atoms with Crippen LogP contribution in [-0.4, -0.2) is 27.4 Å². The van der Waals surface area contributed by atoms with E-state index in [2.05, 4.69) is 6.92 Å². The number of rotatable bonds is 5. The molecular weight excluding hydrogens is 356 g/mol. The molecule has 2 atom stereocenters. The first kappa shape index (κ1) is 18.5. The van der Waals surface area contributed by atoms with Crippen molar-refractivity contribution in [2.75, 3.05) is 6.61 Å². The maximum absolute atomic E-state index is 13.1. The van der Waals surface area contributed by atoms with Gasteiger partial charge >= 0.3 is 5.97 Å². The number of aromatic nitrogens is 2. The summed E-state index contributed by atoms with van der Waals surface area (Å²) in [6, 6.07) is 0. The molecule has 0 aliphatic heterocycles. The zero-order valence-corrected chi connectivity index (χ0v) is 16.8. The van der Waals surface area contributed by atoms with Crippen molar-refractivity contribution >= 4 is 39.3 Å². The highest BCUT2D eigenvalue weighted by atomic mass is 32.2. The summed E-state index contributed by atoms with van der Waals surface area (Å²) in [5.41, 5.74) is 1.23. The molecule has 1 aliphatic carbocycles. The van der Waals surface area contributed by atoms with Crippen molar-refractivity contribution in [1.82, 2.24) is 9.55 Å². The summed E-state index contributed by atoms with van der Waals surface area (Å²) in [6.45, 7) is 8.68. The third-order valence-corrected chi connectivity index (χ3v) is 6.81. The van der Waals surface area contributed by atoms with E-state index in [0.717, 1.165) is 29.5 Å². The van der Waals surface area contributed by atoms with E-state index in [1.807, 2.05) is 6.92 Å². The molecule has 0 radical (unpaired) electrons. The smallest absolute Gasteiger partial charge is 0.319 e. The van der Waals surface area contributed by atoms with Crippen LogP contribution < -0.4 is 5.56 Å². The number of thiophene rings is 1. The van der Waals surface area contributed by atoms with Crippen LogP contribution in [0.2, 0.25) is 0 Å². The molecule has 0 N–H and O–H groups in total. The van der Waals surface area contributed by atoms with Gasteiger partial charge in [0.2, 0.25) is 0 Å². The minimum absolute atomic E-state index is 0.0260. The molecule has 0 spiro atoms. The van der Waals surface area contributed by atoms with Crippen LogP contribution in [0, 0.1) is 5.92 Å². The van der Waals surface area contributed by atoms with Gasteiger partial charge in [-0.3, -0.25) is 14.2 Å². The van der Waals surface area contributed by atoms with Gasteiger partial charge in [-0.25, -0.2) is 4.98 Å². The Labute approximate surface area is 155 Å². The van der Waals surface area contributed by atoms with Gasteiger partial charge in [-0.15, -0.1) is 11.3 Å². The maximum Gasteiger partial charge on any atom is 0.319 e. The number of thioether (sulfide) groups is 1. The lowest BCUT2D eigenvalue weighted by Crippen LogP contribution is -2.25. The van der Waals surface area contributed by atoms with Crippen molar-refractivity contribution in [3.8, 4) is 0 Å². The lowest BCUT2D eigenvalue weighted by atomic mass is 9.89. The van der Waals surface area contributed by atoms with Crippen LogP contribution >= 0.6 is 23.1 Å². The van der Waals surface area contributed by atoms with E-state index < -0.39 is 5.25 Å². The largest absolute Gasteiger partial charge is 0.465 e. The maximum atomic E-state index is 13.1. The summed E-state index contributed by atoms with van der Waals surface area (Å²) < 4.78 is 6.76. The molecule has 0 saturated carbocycles. The summed E-state index contributed by atoms with van der Waals surface area (Å²) in [6.07, 6.45) is 3.12. The van der Waals surface area contributed by atoms with Crippen molar-refractivity contribution in [2.24, 2.45) is 5.92 Å². The number of hydrogen-bond donors (Lipinski definition) is 0. The SMILES string of the molecule is CCOC(=O)C(C)Sc1nc2sc3c(c2c(=O)n1CC)CCC(C)C3. The van der Waals surface area contributed by atoms with E-state index in [4.69, 9.17) is 9.72 Å². The van der Waals surface area contributed by atoms with E-state index in [1.165, 1.54) is 22.2 Å². The fraction of sp³-hybridized carbons (Fsp3) is 0.611. The summed E-state index contributed by atoms with van der Waals surface area (Å²) in [5, 5.41) is 1.01. The summed E-state index contributed by atoms with van der Waals surface area (Å²) in [5.74, 6) is 0.385. The Morgan fingerprint density at radius 2 is 2.24 bits per heavy atom. The van der Waals surface area contributed by atoms with Gasteiger partial charge in [0.25, 0.3) is 5.56 Å². The van der Waals surface area contributed by atoms with Crippen LogP contribution in [0.4, 0.5) is 0 Å². The van der Waals surface area contributed by atoms with Gasteiger partial charge in [0, 0.05) is 11.4 Å². The topological polar surface area (TPSA) is 61.2 Å². The molecule has 0 saturated heterocycles. The molecular formula is C18H24N2O3S2. The molecule has 5 nitrogen and oxygen atoms in total. The first-order valence-electron chi connectivity index (χ1n) is 8.84. The number of fused-ring (bicyclic) bond motifs is 3. The molecule has 7 heteroatoms. The Morgan fingerprint density at radius 3 is 2.92 bits per heavy atom. The number of nitrogens with zero attached hydrogens (tertiary/aromatic N) is 2. The zero-order chi connectivity index (χ0) is 18.1. The highest BCUT2D eigenvalue weighted by Crippen LogP contribution is 2.36. The van der Waals surface area contributed by atoms with Gasteiger partial charge in [0.05, 0.1) is 12.0 Å². The lowest BCUT2D eigenvalue weighted by Gasteiger charge is -2.17. The van der Waals surface area contributed by atoms with Gasteiger partial charge in [-0.05, 0) is 51.5 Å². The number of ether oxygens (including phenoxy) is 1. The van der Waals surface area contributed by atoms with Crippen molar-refractivity contribution in [3.63, 3.8) is 0 Å². The van der Waals surface area contributed by atoms with Gasteiger partial charge in [0.15, 0.2) is 5.16 Å². The van der Waals surface area contributed by atoms with E-state index in [1.54, 1.807) is 29.8 Å². The normalized spacial score (nSPS) is 18.2. The van der Waals surface area contributed by atoms with Crippen LogP contribution in [0.15, 0.2) is 9.95 Å². The number of aryl methyl sites for hydroxylation is 1. The molecule has 136 valence electrons. The first-order chi connectivity index (χ1) is 12.0. The minimum atomic E-state index is -0.392. The summed E-state index contributed by atoms with van der Waals surface area (Å²) in [4.78, 5) is 31.9. The van der Waals surface area contributed by atoms with Crippen molar-refractivity contribution < 1.29 is 9.53 Å². The number of carbonyl (C=O) groups is 1. The average molecular weight is 381 g/mol. The van der Waals surface area contributed by atoms with Crippen molar-refractivity contribution in [3.05, 3.63) is 20.8 Å². The fourth-order valence-corrected chi connectivity index (χ4v) is 5.63. The molecule has 0 fully saturated rings. The Hall–Kier alpha value is -1.34. The van der Waals surface area contributed by atoms with Crippen LogP contribution in [0.25, 0.3) is 10.2 Å². The fourth-order valence-electron chi connectivity index (χ4n) is 3.24.